The summed E-state index contributed by atoms with van der Waals surface area (Å²) in [5, 5.41) is 3.36. The van der Waals surface area contributed by atoms with E-state index in [1.54, 1.807) is 0 Å². The van der Waals surface area contributed by atoms with Crippen LogP contribution in [0.2, 0.25) is 0 Å². The van der Waals surface area contributed by atoms with Gasteiger partial charge in [-0.05, 0) is 5.56 Å². The molecule has 2 atom stereocenters. The van der Waals surface area contributed by atoms with Crippen LogP contribution >= 0.6 is 0 Å². The topological polar surface area (TPSA) is 24.6 Å². The second kappa shape index (κ2) is 2.56. The molecule has 0 amide bonds. The summed E-state index contributed by atoms with van der Waals surface area (Å²) in [6.45, 7) is 2.05. The van der Waals surface area contributed by atoms with Gasteiger partial charge >= 0.3 is 0 Å². The molecule has 1 N–H and O–H groups in total. The molecule has 0 spiro atoms. The predicted molar refractivity (Wildman–Crippen MR) is 50.6 cm³/mol. The molecule has 2 heterocycles. The quantitative estimate of drug-likeness (QED) is 0.677. The fourth-order valence-electron chi connectivity index (χ4n) is 2.21. The second-order valence-electron chi connectivity index (χ2n) is 3.96. The summed E-state index contributed by atoms with van der Waals surface area (Å²) in [6.07, 6.45) is 1.54. The van der Waals surface area contributed by atoms with Crippen molar-refractivity contribution in [1.82, 2.24) is 5.32 Å². The number of hydrogen-bond acceptors (Lipinski definition) is 2. The molecular formula is C11H13NO. The maximum atomic E-state index is 5.68. The molecule has 0 radical (unpaired) electrons. The summed E-state index contributed by atoms with van der Waals surface area (Å²) in [4.78, 5) is 0. The van der Waals surface area contributed by atoms with Crippen LogP contribution in [0.25, 0.3) is 0 Å². The number of fused-ring (bicyclic) bond motifs is 1. The van der Waals surface area contributed by atoms with Crippen LogP contribution in [-0.4, -0.2) is 24.8 Å². The maximum absolute atomic E-state index is 5.68. The van der Waals surface area contributed by atoms with Crippen LogP contribution in [0.5, 0.6) is 0 Å². The Kier molecular flexibility index (Phi) is 1.49. The molecular weight excluding hydrogens is 162 g/mol. The molecule has 0 saturated carbocycles. The van der Waals surface area contributed by atoms with Gasteiger partial charge in [0.25, 0.3) is 0 Å². The third-order valence-corrected chi connectivity index (χ3v) is 3.01. The fraction of sp³-hybridized carbons (Fsp3) is 0.455. The van der Waals surface area contributed by atoms with E-state index in [1.807, 2.05) is 0 Å². The summed E-state index contributed by atoms with van der Waals surface area (Å²) >= 11 is 0. The molecule has 3 rings (SSSR count). The number of epoxide rings is 1. The molecule has 2 heteroatoms. The average molecular weight is 175 g/mol. The van der Waals surface area contributed by atoms with Crippen molar-refractivity contribution in [2.45, 2.75) is 18.1 Å². The monoisotopic (exact) mass is 175 g/mol. The van der Waals surface area contributed by atoms with Crippen LogP contribution in [0.4, 0.5) is 0 Å². The standard InChI is InChI=1S/C11H13NO/c1-2-4-9(5-3-1)6-11-8-12-7-10(11)13-11/h1-5,10,12H,6-8H2/t10-,11+/m0/s1. The largest absolute Gasteiger partial charge is 0.363 e. The molecule has 0 aliphatic carbocycles. The molecule has 2 aliphatic heterocycles. The van der Waals surface area contributed by atoms with Gasteiger partial charge in [-0.3, -0.25) is 0 Å². The van der Waals surface area contributed by atoms with E-state index in [2.05, 4.69) is 35.6 Å². The lowest BCUT2D eigenvalue weighted by molar-refractivity contribution is 0.261. The number of rotatable bonds is 2. The molecule has 1 aromatic carbocycles. The van der Waals surface area contributed by atoms with Gasteiger partial charge in [-0.25, -0.2) is 0 Å². The van der Waals surface area contributed by atoms with E-state index >= 15 is 0 Å². The molecule has 2 aliphatic rings. The van der Waals surface area contributed by atoms with Gasteiger partial charge in [0, 0.05) is 19.5 Å². The third-order valence-electron chi connectivity index (χ3n) is 3.01. The van der Waals surface area contributed by atoms with Crippen LogP contribution in [0.15, 0.2) is 30.3 Å². The van der Waals surface area contributed by atoms with Gasteiger partial charge in [-0.15, -0.1) is 0 Å². The number of morpholine rings is 1. The summed E-state index contributed by atoms with van der Waals surface area (Å²) in [5.41, 5.74) is 1.54. The number of ether oxygens (including phenoxy) is 1. The SMILES string of the molecule is c1ccc(C[C@@]23CNC[C@@H]2O3)cc1. The Morgan fingerprint density at radius 2 is 2.23 bits per heavy atom. The van der Waals surface area contributed by atoms with Crippen molar-refractivity contribution in [2.24, 2.45) is 0 Å². The Morgan fingerprint density at radius 3 is 2.85 bits per heavy atom. The zero-order valence-corrected chi connectivity index (χ0v) is 7.49. The highest BCUT2D eigenvalue weighted by Crippen LogP contribution is 2.41. The summed E-state index contributed by atoms with van der Waals surface area (Å²) < 4.78 is 5.68. The zero-order valence-electron chi connectivity index (χ0n) is 7.49. The second-order valence-corrected chi connectivity index (χ2v) is 3.96. The van der Waals surface area contributed by atoms with E-state index in [0.717, 1.165) is 19.5 Å². The summed E-state index contributed by atoms with van der Waals surface area (Å²) in [5.74, 6) is 0. The van der Waals surface area contributed by atoms with E-state index in [1.165, 1.54) is 5.56 Å². The molecule has 2 saturated heterocycles. The van der Waals surface area contributed by atoms with Crippen LogP contribution in [-0.2, 0) is 11.2 Å². The van der Waals surface area contributed by atoms with Gasteiger partial charge in [0.05, 0.1) is 0 Å². The minimum absolute atomic E-state index is 0.154. The van der Waals surface area contributed by atoms with Crippen molar-refractivity contribution in [3.05, 3.63) is 35.9 Å². The number of benzene rings is 1. The first-order valence-corrected chi connectivity index (χ1v) is 4.82. The Morgan fingerprint density at radius 1 is 1.38 bits per heavy atom. The maximum Gasteiger partial charge on any atom is 0.112 e. The number of nitrogens with one attached hydrogen (secondary N) is 1. The predicted octanol–water partition coefficient (Wildman–Crippen LogP) is 0.970. The van der Waals surface area contributed by atoms with Gasteiger partial charge in [-0.2, -0.15) is 0 Å². The van der Waals surface area contributed by atoms with E-state index < -0.39 is 0 Å². The van der Waals surface area contributed by atoms with Crippen LogP contribution in [0.3, 0.4) is 0 Å². The smallest absolute Gasteiger partial charge is 0.112 e. The Bertz CT molecular complexity index is 311. The van der Waals surface area contributed by atoms with E-state index in [4.69, 9.17) is 4.74 Å². The van der Waals surface area contributed by atoms with Crippen molar-refractivity contribution in [3.63, 3.8) is 0 Å². The molecule has 2 fully saturated rings. The van der Waals surface area contributed by atoms with Gasteiger partial charge in [-0.1, -0.05) is 30.3 Å². The van der Waals surface area contributed by atoms with E-state index in [9.17, 15) is 0 Å². The Hall–Kier alpha value is -0.860. The Balaban J connectivity index is 1.77. The third kappa shape index (κ3) is 1.18. The highest BCUT2D eigenvalue weighted by molar-refractivity contribution is 5.23. The first-order chi connectivity index (χ1) is 6.39. The van der Waals surface area contributed by atoms with Crippen molar-refractivity contribution in [1.29, 1.82) is 0 Å². The normalized spacial score (nSPS) is 35.8. The average Bonchev–Trinajstić information content (AvgIpc) is 2.69. The minimum atomic E-state index is 0.154. The molecule has 0 aromatic heterocycles. The summed E-state index contributed by atoms with van der Waals surface area (Å²) in [7, 11) is 0. The van der Waals surface area contributed by atoms with Gasteiger partial charge < -0.3 is 10.1 Å². The van der Waals surface area contributed by atoms with E-state index in [0.29, 0.717) is 6.10 Å². The van der Waals surface area contributed by atoms with Gasteiger partial charge in [0.2, 0.25) is 0 Å². The highest BCUT2D eigenvalue weighted by atomic mass is 16.6. The lowest BCUT2D eigenvalue weighted by Gasteiger charge is -2.07. The molecule has 0 bridgehead atoms. The number of hydrogen-bond donors (Lipinski definition) is 1. The van der Waals surface area contributed by atoms with Crippen LogP contribution in [0, 0.1) is 0 Å². The minimum Gasteiger partial charge on any atom is -0.363 e. The molecule has 13 heavy (non-hydrogen) atoms. The van der Waals surface area contributed by atoms with Crippen molar-refractivity contribution in [3.8, 4) is 0 Å². The van der Waals surface area contributed by atoms with Crippen LogP contribution in [0.1, 0.15) is 5.56 Å². The lowest BCUT2D eigenvalue weighted by Crippen LogP contribution is -2.24. The molecule has 68 valence electrons. The molecule has 0 unspecified atom stereocenters. The van der Waals surface area contributed by atoms with E-state index in [-0.39, 0.29) is 5.60 Å². The first-order valence-electron chi connectivity index (χ1n) is 4.82. The lowest BCUT2D eigenvalue weighted by atomic mass is 9.98. The fourth-order valence-corrected chi connectivity index (χ4v) is 2.21. The van der Waals surface area contributed by atoms with Crippen molar-refractivity contribution < 1.29 is 4.74 Å². The highest BCUT2D eigenvalue weighted by Gasteiger charge is 2.59. The van der Waals surface area contributed by atoms with Crippen molar-refractivity contribution in [2.75, 3.05) is 13.1 Å². The first kappa shape index (κ1) is 7.54. The summed E-state index contributed by atoms with van der Waals surface area (Å²) in [6, 6.07) is 10.6. The Labute approximate surface area is 77.9 Å². The van der Waals surface area contributed by atoms with Crippen molar-refractivity contribution >= 4 is 0 Å². The van der Waals surface area contributed by atoms with Gasteiger partial charge in [0.15, 0.2) is 0 Å². The zero-order chi connectivity index (χ0) is 8.73. The van der Waals surface area contributed by atoms with Crippen LogP contribution < -0.4 is 5.32 Å². The van der Waals surface area contributed by atoms with Gasteiger partial charge in [0.1, 0.15) is 11.7 Å². The molecule has 2 nitrogen and oxygen atoms in total. The molecule has 1 aromatic rings.